The molecular formula is C17H27N3O2. The molecule has 2 atom stereocenters. The van der Waals surface area contributed by atoms with Crippen molar-refractivity contribution in [1.29, 1.82) is 0 Å². The zero-order chi connectivity index (χ0) is 16.3. The van der Waals surface area contributed by atoms with Gasteiger partial charge in [0.25, 0.3) is 0 Å². The quantitative estimate of drug-likeness (QED) is 0.907. The van der Waals surface area contributed by atoms with Crippen molar-refractivity contribution < 1.29 is 9.53 Å². The van der Waals surface area contributed by atoms with E-state index in [1.165, 1.54) is 5.56 Å². The third kappa shape index (κ3) is 4.36. The van der Waals surface area contributed by atoms with Crippen LogP contribution in [0.3, 0.4) is 0 Å². The number of nitrogen functional groups attached to an aromatic ring is 1. The summed E-state index contributed by atoms with van der Waals surface area (Å²) in [6, 6.07) is 4.10. The Hall–Kier alpha value is -1.78. The molecular weight excluding hydrogens is 278 g/mol. The fourth-order valence-electron chi connectivity index (χ4n) is 2.96. The van der Waals surface area contributed by atoms with Crippen molar-refractivity contribution in [2.75, 3.05) is 12.8 Å². The maximum Gasteiger partial charge on any atom is 0.410 e. The van der Waals surface area contributed by atoms with Crippen LogP contribution < -0.4 is 5.73 Å². The van der Waals surface area contributed by atoms with Crippen molar-refractivity contribution in [3.63, 3.8) is 0 Å². The van der Waals surface area contributed by atoms with Crippen molar-refractivity contribution in [3.8, 4) is 0 Å². The molecule has 1 aliphatic carbocycles. The predicted octanol–water partition coefficient (Wildman–Crippen LogP) is 3.56. The zero-order valence-corrected chi connectivity index (χ0v) is 14.0. The second-order valence-electron chi connectivity index (χ2n) is 7.12. The van der Waals surface area contributed by atoms with Gasteiger partial charge in [-0.1, -0.05) is 12.5 Å². The molecule has 22 heavy (non-hydrogen) atoms. The van der Waals surface area contributed by atoms with Gasteiger partial charge in [0.1, 0.15) is 11.4 Å². The van der Waals surface area contributed by atoms with Gasteiger partial charge in [0.05, 0.1) is 0 Å². The number of ether oxygens (including phenoxy) is 1. The van der Waals surface area contributed by atoms with Crippen molar-refractivity contribution >= 4 is 11.9 Å². The van der Waals surface area contributed by atoms with Gasteiger partial charge in [-0.25, -0.2) is 9.78 Å². The van der Waals surface area contributed by atoms with Gasteiger partial charge in [-0.05, 0) is 57.6 Å². The summed E-state index contributed by atoms with van der Waals surface area (Å²) in [4.78, 5) is 18.2. The summed E-state index contributed by atoms with van der Waals surface area (Å²) in [7, 11) is 1.84. The molecule has 1 heterocycles. The minimum atomic E-state index is -0.458. The lowest BCUT2D eigenvalue weighted by molar-refractivity contribution is 0.0180. The summed E-state index contributed by atoms with van der Waals surface area (Å²) in [5.41, 5.74) is 6.40. The Morgan fingerprint density at radius 1 is 1.36 bits per heavy atom. The first-order valence-electron chi connectivity index (χ1n) is 7.93. The Bertz CT molecular complexity index is 508. The summed E-state index contributed by atoms with van der Waals surface area (Å²) in [5.74, 6) is 0.971. The molecule has 2 N–H and O–H groups in total. The average molecular weight is 305 g/mol. The highest BCUT2D eigenvalue weighted by Crippen LogP contribution is 2.35. The normalized spacial score (nSPS) is 22.2. The molecule has 1 aliphatic rings. The number of anilines is 1. The van der Waals surface area contributed by atoms with E-state index in [0.717, 1.165) is 25.7 Å². The number of rotatable bonds is 2. The lowest BCUT2D eigenvalue weighted by Gasteiger charge is -2.36. The van der Waals surface area contributed by atoms with Crippen LogP contribution in [0.15, 0.2) is 18.3 Å². The molecule has 0 aromatic carbocycles. The number of carbonyl (C=O) groups excluding carboxylic acids is 1. The molecule has 0 saturated heterocycles. The molecule has 1 aromatic rings. The largest absolute Gasteiger partial charge is 0.444 e. The van der Waals surface area contributed by atoms with Crippen molar-refractivity contribution in [3.05, 3.63) is 23.9 Å². The summed E-state index contributed by atoms with van der Waals surface area (Å²) < 4.78 is 5.47. The Morgan fingerprint density at radius 2 is 2.09 bits per heavy atom. The van der Waals surface area contributed by atoms with Gasteiger partial charge in [0.2, 0.25) is 0 Å². The summed E-state index contributed by atoms with van der Waals surface area (Å²) in [6.45, 7) is 5.67. The second-order valence-corrected chi connectivity index (χ2v) is 7.12. The number of hydrogen-bond donors (Lipinski definition) is 1. The molecule has 1 aromatic heterocycles. The topological polar surface area (TPSA) is 68.5 Å². The molecule has 5 nitrogen and oxygen atoms in total. The molecule has 1 amide bonds. The molecule has 2 rings (SSSR count). The minimum absolute atomic E-state index is 0.214. The lowest BCUT2D eigenvalue weighted by Crippen LogP contribution is -2.42. The summed E-state index contributed by atoms with van der Waals surface area (Å²) in [5, 5.41) is 0. The Morgan fingerprint density at radius 3 is 2.68 bits per heavy atom. The van der Waals surface area contributed by atoms with Gasteiger partial charge in [-0.3, -0.25) is 0 Å². The highest BCUT2D eigenvalue weighted by Gasteiger charge is 2.30. The number of pyridine rings is 1. The van der Waals surface area contributed by atoms with Gasteiger partial charge < -0.3 is 15.4 Å². The fourth-order valence-corrected chi connectivity index (χ4v) is 2.96. The molecule has 0 bridgehead atoms. The minimum Gasteiger partial charge on any atom is -0.444 e. The van der Waals surface area contributed by atoms with Crippen LogP contribution in [0.5, 0.6) is 0 Å². The number of nitrogens with zero attached hydrogens (tertiary/aromatic N) is 2. The number of hydrogen-bond acceptors (Lipinski definition) is 4. The maximum atomic E-state index is 12.2. The first-order chi connectivity index (χ1) is 10.3. The van der Waals surface area contributed by atoms with E-state index in [1.54, 1.807) is 4.90 Å². The molecule has 5 heteroatoms. The van der Waals surface area contributed by atoms with Gasteiger partial charge >= 0.3 is 6.09 Å². The van der Waals surface area contributed by atoms with Gasteiger partial charge in [-0.15, -0.1) is 0 Å². The van der Waals surface area contributed by atoms with E-state index in [4.69, 9.17) is 10.5 Å². The molecule has 1 unspecified atom stereocenters. The molecule has 0 spiro atoms. The lowest BCUT2D eigenvalue weighted by atomic mass is 9.81. The van der Waals surface area contributed by atoms with Gasteiger partial charge in [0, 0.05) is 19.3 Å². The average Bonchev–Trinajstić information content (AvgIpc) is 2.45. The van der Waals surface area contributed by atoms with E-state index in [1.807, 2.05) is 46.1 Å². The van der Waals surface area contributed by atoms with Crippen LogP contribution in [0.2, 0.25) is 0 Å². The molecule has 122 valence electrons. The first kappa shape index (κ1) is 16.6. The highest BCUT2D eigenvalue weighted by molar-refractivity contribution is 5.68. The van der Waals surface area contributed by atoms with Crippen LogP contribution in [0.1, 0.15) is 57.9 Å². The van der Waals surface area contributed by atoms with Crippen molar-refractivity contribution in [2.45, 2.75) is 64.0 Å². The number of nitrogens with two attached hydrogens (primary N) is 1. The van der Waals surface area contributed by atoms with Gasteiger partial charge in [-0.2, -0.15) is 0 Å². The molecule has 1 fully saturated rings. The predicted molar refractivity (Wildman–Crippen MR) is 87.6 cm³/mol. The number of carbonyl (C=O) groups is 1. The van der Waals surface area contributed by atoms with Crippen LogP contribution in [0.25, 0.3) is 0 Å². The molecule has 0 aliphatic heterocycles. The summed E-state index contributed by atoms with van der Waals surface area (Å²) in [6.07, 6.45) is 5.82. The Labute approximate surface area is 132 Å². The van der Waals surface area contributed by atoms with E-state index < -0.39 is 5.60 Å². The van der Waals surface area contributed by atoms with E-state index >= 15 is 0 Å². The molecule has 1 saturated carbocycles. The number of amides is 1. The standard InChI is InChI=1S/C17H27N3O2/c1-17(2,3)22-16(21)20(4)14-7-5-6-12(10-14)13-8-9-15(18)19-11-13/h8-9,11-12,14H,5-7,10H2,1-4H3,(H2,18,19)/t12?,14-/m0/s1. The summed E-state index contributed by atoms with van der Waals surface area (Å²) >= 11 is 0. The monoisotopic (exact) mass is 305 g/mol. The highest BCUT2D eigenvalue weighted by atomic mass is 16.6. The van der Waals surface area contributed by atoms with Crippen LogP contribution >= 0.6 is 0 Å². The SMILES string of the molecule is CN(C(=O)OC(C)(C)C)[C@H]1CCCC(c2ccc(N)nc2)C1. The van der Waals surface area contributed by atoms with Crippen LogP contribution in [0, 0.1) is 0 Å². The fraction of sp³-hybridized carbons (Fsp3) is 0.647. The maximum absolute atomic E-state index is 12.2. The smallest absolute Gasteiger partial charge is 0.410 e. The van der Waals surface area contributed by atoms with E-state index in [9.17, 15) is 4.79 Å². The number of aromatic nitrogens is 1. The van der Waals surface area contributed by atoms with Crippen LogP contribution in [-0.2, 0) is 4.74 Å². The molecule has 0 radical (unpaired) electrons. The second kappa shape index (κ2) is 6.55. The third-order valence-electron chi connectivity index (χ3n) is 4.16. The van der Waals surface area contributed by atoms with E-state index in [-0.39, 0.29) is 12.1 Å². The first-order valence-corrected chi connectivity index (χ1v) is 7.93. The van der Waals surface area contributed by atoms with Gasteiger partial charge in [0.15, 0.2) is 0 Å². The van der Waals surface area contributed by atoms with Crippen molar-refractivity contribution in [2.24, 2.45) is 0 Å². The third-order valence-corrected chi connectivity index (χ3v) is 4.16. The van der Waals surface area contributed by atoms with Crippen LogP contribution in [0.4, 0.5) is 10.6 Å². The van der Waals surface area contributed by atoms with Crippen molar-refractivity contribution in [1.82, 2.24) is 9.88 Å². The van der Waals surface area contributed by atoms with E-state index in [0.29, 0.717) is 11.7 Å². The Kier molecular flexibility index (Phi) is 4.94. The zero-order valence-electron chi connectivity index (χ0n) is 14.0. The van der Waals surface area contributed by atoms with Crippen LogP contribution in [-0.4, -0.2) is 34.7 Å². The van der Waals surface area contributed by atoms with E-state index in [2.05, 4.69) is 4.98 Å². The Balaban J connectivity index is 2.00.